The topological polar surface area (TPSA) is 61.8 Å². The number of carbonyl (C=O) groups is 1. The Morgan fingerprint density at radius 1 is 1.17 bits per heavy atom. The monoisotopic (exact) mass is 486 g/mol. The minimum Gasteiger partial charge on any atom is -0.455 e. The van der Waals surface area contributed by atoms with E-state index in [0.29, 0.717) is 18.8 Å². The minimum atomic E-state index is -4.54. The van der Waals surface area contributed by atoms with Gasteiger partial charge in [0.2, 0.25) is 5.91 Å². The molecule has 9 heteroatoms. The molecule has 0 unspecified atom stereocenters. The Labute approximate surface area is 181 Å². The van der Waals surface area contributed by atoms with Crippen molar-refractivity contribution in [2.24, 2.45) is 5.92 Å². The fourth-order valence-corrected chi connectivity index (χ4v) is 3.51. The van der Waals surface area contributed by atoms with Crippen LogP contribution in [0.4, 0.5) is 18.9 Å². The summed E-state index contributed by atoms with van der Waals surface area (Å²) in [5.41, 5.74) is -0.910. The fraction of sp³-hybridized carbons (Fsp3) is 0.381. The number of nitrogens with zero attached hydrogens (tertiary/aromatic N) is 1. The second-order valence-electron chi connectivity index (χ2n) is 7.21. The molecule has 1 saturated heterocycles. The molecule has 30 heavy (non-hydrogen) atoms. The van der Waals surface area contributed by atoms with E-state index in [4.69, 9.17) is 4.74 Å². The third-order valence-electron chi connectivity index (χ3n) is 4.95. The Balaban J connectivity index is 1.74. The SMILES string of the molecule is O=C(CN1CCC(CO)CC1)Nc1cc(C(F)(F)F)ccc1Oc1ccc(Br)cc1. The molecule has 0 radical (unpaired) electrons. The van der Waals surface area contributed by atoms with Gasteiger partial charge in [0.1, 0.15) is 5.75 Å². The summed E-state index contributed by atoms with van der Waals surface area (Å²) in [5, 5.41) is 11.8. The van der Waals surface area contributed by atoms with Gasteiger partial charge in [-0.15, -0.1) is 0 Å². The lowest BCUT2D eigenvalue weighted by Gasteiger charge is -2.30. The number of benzene rings is 2. The molecule has 162 valence electrons. The molecular weight excluding hydrogens is 465 g/mol. The van der Waals surface area contributed by atoms with Crippen LogP contribution in [0.2, 0.25) is 0 Å². The van der Waals surface area contributed by atoms with E-state index < -0.39 is 17.6 Å². The zero-order chi connectivity index (χ0) is 21.7. The second kappa shape index (κ2) is 9.80. The number of piperidine rings is 1. The van der Waals surface area contributed by atoms with Crippen molar-refractivity contribution < 1.29 is 27.8 Å². The summed E-state index contributed by atoms with van der Waals surface area (Å²) in [6.45, 7) is 1.50. The van der Waals surface area contributed by atoms with Crippen LogP contribution in [-0.2, 0) is 11.0 Å². The molecular formula is C21H22BrF3N2O3. The largest absolute Gasteiger partial charge is 0.455 e. The van der Waals surface area contributed by atoms with Crippen molar-refractivity contribution in [1.82, 2.24) is 4.90 Å². The standard InChI is InChI=1S/C21H22BrF3N2O3/c22-16-2-4-17(5-3-16)30-19-6-1-15(21(23,24)25)11-18(19)26-20(29)12-27-9-7-14(13-28)8-10-27/h1-6,11,14,28H,7-10,12-13H2,(H,26,29). The van der Waals surface area contributed by atoms with E-state index in [1.54, 1.807) is 24.3 Å². The number of halogens is 4. The first-order valence-corrected chi connectivity index (χ1v) is 10.3. The van der Waals surface area contributed by atoms with Gasteiger partial charge in [-0.1, -0.05) is 15.9 Å². The average Bonchev–Trinajstić information content (AvgIpc) is 2.70. The summed E-state index contributed by atoms with van der Waals surface area (Å²) >= 11 is 3.31. The molecule has 0 atom stereocenters. The molecule has 0 aliphatic carbocycles. The summed E-state index contributed by atoms with van der Waals surface area (Å²) in [7, 11) is 0. The summed E-state index contributed by atoms with van der Waals surface area (Å²) in [5.74, 6) is 0.369. The van der Waals surface area contributed by atoms with Crippen LogP contribution in [0.25, 0.3) is 0 Å². The predicted octanol–water partition coefficient (Wildman–Crippen LogP) is 4.90. The minimum absolute atomic E-state index is 0.0389. The van der Waals surface area contributed by atoms with Crippen LogP contribution in [0.1, 0.15) is 18.4 Å². The van der Waals surface area contributed by atoms with E-state index in [9.17, 15) is 23.1 Å². The van der Waals surface area contributed by atoms with Gasteiger partial charge >= 0.3 is 6.18 Å². The van der Waals surface area contributed by atoms with E-state index in [1.807, 2.05) is 4.90 Å². The van der Waals surface area contributed by atoms with E-state index in [2.05, 4.69) is 21.2 Å². The Bertz CT molecular complexity index is 867. The number of likely N-dealkylation sites (tertiary alicyclic amines) is 1. The second-order valence-corrected chi connectivity index (χ2v) is 8.13. The first-order valence-electron chi connectivity index (χ1n) is 9.52. The molecule has 2 aromatic carbocycles. The molecule has 0 bridgehead atoms. The van der Waals surface area contributed by atoms with Gasteiger partial charge in [0.25, 0.3) is 0 Å². The number of aliphatic hydroxyl groups excluding tert-OH is 1. The average molecular weight is 487 g/mol. The molecule has 0 saturated carbocycles. The molecule has 1 heterocycles. The van der Waals surface area contributed by atoms with Gasteiger partial charge in [0, 0.05) is 11.1 Å². The summed E-state index contributed by atoms with van der Waals surface area (Å²) in [6.07, 6.45) is -2.97. The van der Waals surface area contributed by atoms with Gasteiger partial charge in [-0.3, -0.25) is 9.69 Å². The van der Waals surface area contributed by atoms with Crippen molar-refractivity contribution in [2.75, 3.05) is 31.6 Å². The van der Waals surface area contributed by atoms with E-state index in [0.717, 1.165) is 29.4 Å². The maximum absolute atomic E-state index is 13.2. The number of nitrogens with one attached hydrogen (secondary N) is 1. The lowest BCUT2D eigenvalue weighted by Crippen LogP contribution is -2.39. The van der Waals surface area contributed by atoms with E-state index in [1.165, 1.54) is 6.07 Å². The first-order chi connectivity index (χ1) is 14.2. The van der Waals surface area contributed by atoms with Crippen molar-refractivity contribution in [3.05, 3.63) is 52.5 Å². The zero-order valence-corrected chi connectivity index (χ0v) is 17.7. The molecule has 1 aliphatic heterocycles. The Morgan fingerprint density at radius 3 is 2.43 bits per heavy atom. The van der Waals surface area contributed by atoms with Gasteiger partial charge in [-0.05, 0) is 74.3 Å². The highest BCUT2D eigenvalue weighted by atomic mass is 79.9. The lowest BCUT2D eigenvalue weighted by atomic mass is 9.98. The number of amides is 1. The van der Waals surface area contributed by atoms with Gasteiger partial charge < -0.3 is 15.2 Å². The number of carbonyl (C=O) groups excluding carboxylic acids is 1. The molecule has 2 N–H and O–H groups in total. The summed E-state index contributed by atoms with van der Waals surface area (Å²) in [4.78, 5) is 14.4. The smallest absolute Gasteiger partial charge is 0.416 e. The van der Waals surface area contributed by atoms with Crippen molar-refractivity contribution in [2.45, 2.75) is 19.0 Å². The van der Waals surface area contributed by atoms with Crippen molar-refractivity contribution in [1.29, 1.82) is 0 Å². The van der Waals surface area contributed by atoms with E-state index in [-0.39, 0.29) is 30.5 Å². The number of hydrogen-bond donors (Lipinski definition) is 2. The molecule has 5 nitrogen and oxygen atoms in total. The zero-order valence-electron chi connectivity index (χ0n) is 16.1. The van der Waals surface area contributed by atoms with Crippen molar-refractivity contribution in [3.63, 3.8) is 0 Å². The molecule has 1 aliphatic rings. The Morgan fingerprint density at radius 2 is 1.83 bits per heavy atom. The van der Waals surface area contributed by atoms with E-state index >= 15 is 0 Å². The normalized spacial score (nSPS) is 15.8. The van der Waals surface area contributed by atoms with Crippen molar-refractivity contribution in [3.8, 4) is 11.5 Å². The number of ether oxygens (including phenoxy) is 1. The van der Waals surface area contributed by atoms with Crippen LogP contribution in [-0.4, -0.2) is 42.2 Å². The number of rotatable bonds is 6. The van der Waals surface area contributed by atoms with Crippen LogP contribution in [0.15, 0.2) is 46.9 Å². The summed E-state index contributed by atoms with van der Waals surface area (Å²) < 4.78 is 46.0. The van der Waals surface area contributed by atoms with Crippen LogP contribution in [0.5, 0.6) is 11.5 Å². The molecule has 1 amide bonds. The maximum Gasteiger partial charge on any atom is 0.416 e. The molecule has 0 aromatic heterocycles. The first kappa shape index (κ1) is 22.6. The van der Waals surface area contributed by atoms with Crippen LogP contribution >= 0.6 is 15.9 Å². The molecule has 1 fully saturated rings. The van der Waals surface area contributed by atoms with Gasteiger partial charge in [-0.25, -0.2) is 0 Å². The van der Waals surface area contributed by atoms with Crippen molar-refractivity contribution >= 4 is 27.5 Å². The number of hydrogen-bond acceptors (Lipinski definition) is 4. The van der Waals surface area contributed by atoms with Crippen LogP contribution < -0.4 is 10.1 Å². The molecule has 3 rings (SSSR count). The highest BCUT2D eigenvalue weighted by Gasteiger charge is 2.31. The van der Waals surface area contributed by atoms with Crippen LogP contribution in [0, 0.1) is 5.92 Å². The van der Waals surface area contributed by atoms with Gasteiger partial charge in [-0.2, -0.15) is 13.2 Å². The predicted molar refractivity (Wildman–Crippen MR) is 111 cm³/mol. The number of anilines is 1. The van der Waals surface area contributed by atoms with Crippen LogP contribution in [0.3, 0.4) is 0 Å². The maximum atomic E-state index is 13.2. The lowest BCUT2D eigenvalue weighted by molar-refractivity contribution is -0.137. The third-order valence-corrected chi connectivity index (χ3v) is 5.48. The molecule has 2 aromatic rings. The third kappa shape index (κ3) is 6.20. The number of aliphatic hydroxyl groups is 1. The molecule has 0 spiro atoms. The highest BCUT2D eigenvalue weighted by molar-refractivity contribution is 9.10. The fourth-order valence-electron chi connectivity index (χ4n) is 3.24. The van der Waals surface area contributed by atoms with Gasteiger partial charge in [0.15, 0.2) is 5.75 Å². The Hall–Kier alpha value is -2.10. The van der Waals surface area contributed by atoms with Gasteiger partial charge in [0.05, 0.1) is 17.8 Å². The Kier molecular flexibility index (Phi) is 7.38. The quantitative estimate of drug-likeness (QED) is 0.609. The highest BCUT2D eigenvalue weighted by Crippen LogP contribution is 2.37. The number of alkyl halides is 3. The summed E-state index contributed by atoms with van der Waals surface area (Å²) in [6, 6.07) is 9.82.